The lowest BCUT2D eigenvalue weighted by atomic mass is 10.2. The monoisotopic (exact) mass is 347 g/mol. The minimum atomic E-state index is -0.323. The second-order valence-electron chi connectivity index (χ2n) is 6.21. The van der Waals surface area contributed by atoms with Crippen LogP contribution in [0.3, 0.4) is 0 Å². The molecule has 1 aromatic carbocycles. The van der Waals surface area contributed by atoms with Crippen molar-refractivity contribution in [2.75, 3.05) is 49.6 Å². The van der Waals surface area contributed by atoms with Gasteiger partial charge in [-0.15, -0.1) is 0 Å². The van der Waals surface area contributed by atoms with Crippen molar-refractivity contribution in [3.05, 3.63) is 24.3 Å². The number of hydrogen-bond donors (Lipinski definition) is 1. The Hall–Kier alpha value is -2.28. The second-order valence-corrected chi connectivity index (χ2v) is 6.21. The molecule has 2 heterocycles. The zero-order valence-electron chi connectivity index (χ0n) is 14.6. The number of ether oxygens (including phenoxy) is 2. The molecule has 1 N–H and O–H groups in total. The summed E-state index contributed by atoms with van der Waals surface area (Å²) in [6, 6.07) is 7.79. The Morgan fingerprint density at radius 3 is 2.52 bits per heavy atom. The molecule has 2 fully saturated rings. The zero-order valence-corrected chi connectivity index (χ0v) is 14.6. The third kappa shape index (κ3) is 4.42. The number of hydrogen-bond acceptors (Lipinski definition) is 5. The molecule has 2 saturated heterocycles. The van der Waals surface area contributed by atoms with Crippen LogP contribution >= 0.6 is 0 Å². The standard InChI is InChI=1S/C18H25N3O4/c1-2-24-18(23)21-11-9-20(10-12-21)15-7-5-14(6-8-15)19-17(22)16-4-3-13-25-16/h5-8,16H,2-4,9-13H2,1H3,(H,19,22). The third-order valence-corrected chi connectivity index (χ3v) is 4.53. The molecule has 0 spiro atoms. The lowest BCUT2D eigenvalue weighted by Gasteiger charge is -2.35. The summed E-state index contributed by atoms with van der Waals surface area (Å²) < 4.78 is 10.4. The van der Waals surface area contributed by atoms with E-state index in [1.54, 1.807) is 4.90 Å². The Bertz CT molecular complexity index is 591. The Balaban J connectivity index is 1.51. The van der Waals surface area contributed by atoms with Crippen molar-refractivity contribution in [3.8, 4) is 0 Å². The molecule has 0 bridgehead atoms. The molecular formula is C18H25N3O4. The summed E-state index contributed by atoms with van der Waals surface area (Å²) in [5, 5.41) is 2.90. The van der Waals surface area contributed by atoms with Crippen molar-refractivity contribution >= 4 is 23.4 Å². The molecule has 136 valence electrons. The maximum Gasteiger partial charge on any atom is 0.409 e. The topological polar surface area (TPSA) is 71.1 Å². The number of nitrogens with zero attached hydrogens (tertiary/aromatic N) is 2. The molecule has 1 atom stereocenters. The van der Waals surface area contributed by atoms with Crippen molar-refractivity contribution in [2.24, 2.45) is 0 Å². The first-order chi connectivity index (χ1) is 12.2. The summed E-state index contributed by atoms with van der Waals surface area (Å²) in [4.78, 5) is 27.7. The largest absolute Gasteiger partial charge is 0.450 e. The number of piperazine rings is 1. The fourth-order valence-electron chi connectivity index (χ4n) is 3.12. The van der Waals surface area contributed by atoms with E-state index in [2.05, 4.69) is 10.2 Å². The number of rotatable bonds is 4. The van der Waals surface area contributed by atoms with Gasteiger partial charge in [-0.05, 0) is 44.0 Å². The van der Waals surface area contributed by atoms with Gasteiger partial charge in [-0.3, -0.25) is 4.79 Å². The minimum absolute atomic E-state index is 0.0756. The van der Waals surface area contributed by atoms with Gasteiger partial charge < -0.3 is 24.6 Å². The highest BCUT2D eigenvalue weighted by molar-refractivity contribution is 5.94. The van der Waals surface area contributed by atoms with E-state index in [9.17, 15) is 9.59 Å². The number of carbonyl (C=O) groups is 2. The number of amides is 2. The van der Waals surface area contributed by atoms with E-state index in [0.717, 1.165) is 37.3 Å². The highest BCUT2D eigenvalue weighted by Crippen LogP contribution is 2.21. The summed E-state index contributed by atoms with van der Waals surface area (Å²) in [5.74, 6) is -0.0756. The van der Waals surface area contributed by atoms with E-state index >= 15 is 0 Å². The SMILES string of the molecule is CCOC(=O)N1CCN(c2ccc(NC(=O)C3CCCO3)cc2)CC1. The molecule has 7 heteroatoms. The molecule has 1 unspecified atom stereocenters. The fourth-order valence-corrected chi connectivity index (χ4v) is 3.12. The van der Waals surface area contributed by atoms with Crippen LogP contribution in [0.2, 0.25) is 0 Å². The average Bonchev–Trinajstić information content (AvgIpc) is 3.18. The van der Waals surface area contributed by atoms with Crippen LogP contribution in [0, 0.1) is 0 Å². The first kappa shape index (κ1) is 17.5. The van der Waals surface area contributed by atoms with Gasteiger partial charge in [-0.1, -0.05) is 0 Å². The van der Waals surface area contributed by atoms with Crippen LogP contribution < -0.4 is 10.2 Å². The summed E-state index contributed by atoms with van der Waals surface area (Å²) >= 11 is 0. The van der Waals surface area contributed by atoms with Crippen LogP contribution in [0.1, 0.15) is 19.8 Å². The summed E-state index contributed by atoms with van der Waals surface area (Å²) in [6.07, 6.45) is 1.16. The quantitative estimate of drug-likeness (QED) is 0.903. The Morgan fingerprint density at radius 2 is 1.92 bits per heavy atom. The minimum Gasteiger partial charge on any atom is -0.450 e. The molecule has 2 amide bonds. The van der Waals surface area contributed by atoms with Gasteiger partial charge in [0, 0.05) is 44.2 Å². The van der Waals surface area contributed by atoms with Crippen LogP contribution in [0.25, 0.3) is 0 Å². The first-order valence-electron chi connectivity index (χ1n) is 8.86. The van der Waals surface area contributed by atoms with E-state index in [1.807, 2.05) is 31.2 Å². The Kier molecular flexibility index (Phi) is 5.75. The molecular weight excluding hydrogens is 322 g/mol. The normalized spacial score (nSPS) is 20.4. The van der Waals surface area contributed by atoms with Crippen molar-refractivity contribution in [3.63, 3.8) is 0 Å². The summed E-state index contributed by atoms with van der Waals surface area (Å²) in [5.41, 5.74) is 1.85. The second kappa shape index (κ2) is 8.20. The van der Waals surface area contributed by atoms with Crippen molar-refractivity contribution in [2.45, 2.75) is 25.9 Å². The Morgan fingerprint density at radius 1 is 1.20 bits per heavy atom. The van der Waals surface area contributed by atoms with Crippen molar-refractivity contribution < 1.29 is 19.1 Å². The zero-order chi connectivity index (χ0) is 17.6. The van der Waals surface area contributed by atoms with E-state index in [1.165, 1.54) is 0 Å². The van der Waals surface area contributed by atoms with Gasteiger partial charge in [0.25, 0.3) is 5.91 Å². The number of anilines is 2. The lowest BCUT2D eigenvalue weighted by molar-refractivity contribution is -0.124. The van der Waals surface area contributed by atoms with E-state index in [0.29, 0.717) is 26.3 Å². The van der Waals surface area contributed by atoms with Crippen LogP contribution in [-0.4, -0.2) is 62.4 Å². The van der Waals surface area contributed by atoms with Gasteiger partial charge in [0.15, 0.2) is 0 Å². The highest BCUT2D eigenvalue weighted by atomic mass is 16.6. The molecule has 0 saturated carbocycles. The third-order valence-electron chi connectivity index (χ3n) is 4.53. The molecule has 0 aromatic heterocycles. The maximum atomic E-state index is 12.1. The number of nitrogens with one attached hydrogen (secondary N) is 1. The smallest absolute Gasteiger partial charge is 0.409 e. The van der Waals surface area contributed by atoms with Gasteiger partial charge in [0.2, 0.25) is 0 Å². The molecule has 0 aliphatic carbocycles. The van der Waals surface area contributed by atoms with E-state index in [4.69, 9.17) is 9.47 Å². The molecule has 25 heavy (non-hydrogen) atoms. The summed E-state index contributed by atoms with van der Waals surface area (Å²) in [7, 11) is 0. The van der Waals surface area contributed by atoms with Crippen LogP contribution in [-0.2, 0) is 14.3 Å². The summed E-state index contributed by atoms with van der Waals surface area (Å²) in [6.45, 7) is 5.70. The number of carbonyl (C=O) groups excluding carboxylic acids is 2. The van der Waals surface area contributed by atoms with Crippen molar-refractivity contribution in [1.82, 2.24) is 4.90 Å². The molecule has 3 rings (SSSR count). The van der Waals surface area contributed by atoms with Gasteiger partial charge in [0.05, 0.1) is 6.61 Å². The van der Waals surface area contributed by atoms with Gasteiger partial charge in [0.1, 0.15) is 6.10 Å². The van der Waals surface area contributed by atoms with Crippen LogP contribution in [0.15, 0.2) is 24.3 Å². The van der Waals surface area contributed by atoms with Gasteiger partial charge in [-0.2, -0.15) is 0 Å². The lowest BCUT2D eigenvalue weighted by Crippen LogP contribution is -2.49. The molecule has 2 aliphatic rings. The molecule has 2 aliphatic heterocycles. The van der Waals surface area contributed by atoms with Crippen LogP contribution in [0.4, 0.5) is 16.2 Å². The number of benzene rings is 1. The van der Waals surface area contributed by atoms with Gasteiger partial charge in [-0.25, -0.2) is 4.79 Å². The Labute approximate surface area is 147 Å². The fraction of sp³-hybridized carbons (Fsp3) is 0.556. The maximum absolute atomic E-state index is 12.1. The molecule has 0 radical (unpaired) electrons. The highest BCUT2D eigenvalue weighted by Gasteiger charge is 2.24. The molecule has 7 nitrogen and oxygen atoms in total. The van der Waals surface area contributed by atoms with E-state index in [-0.39, 0.29) is 18.1 Å². The average molecular weight is 347 g/mol. The van der Waals surface area contributed by atoms with Crippen LogP contribution in [0.5, 0.6) is 0 Å². The van der Waals surface area contributed by atoms with E-state index < -0.39 is 0 Å². The molecule has 1 aromatic rings. The predicted octanol–water partition coefficient (Wildman–Crippen LogP) is 2.08. The van der Waals surface area contributed by atoms with Crippen molar-refractivity contribution in [1.29, 1.82) is 0 Å². The first-order valence-corrected chi connectivity index (χ1v) is 8.86. The van der Waals surface area contributed by atoms with Gasteiger partial charge >= 0.3 is 6.09 Å². The predicted molar refractivity (Wildman–Crippen MR) is 94.9 cm³/mol.